The van der Waals surface area contributed by atoms with Crippen molar-refractivity contribution in [3.63, 3.8) is 0 Å². The first kappa shape index (κ1) is 17.0. The van der Waals surface area contributed by atoms with Crippen LogP contribution in [0.1, 0.15) is 24.8 Å². The lowest BCUT2D eigenvalue weighted by atomic mass is 10.0. The molecule has 0 radical (unpaired) electrons. The zero-order chi connectivity index (χ0) is 15.8. The highest BCUT2D eigenvalue weighted by atomic mass is 16.5. The van der Waals surface area contributed by atoms with Crippen molar-refractivity contribution in [1.82, 2.24) is 9.80 Å². The van der Waals surface area contributed by atoms with Gasteiger partial charge in [0, 0.05) is 26.7 Å². The van der Waals surface area contributed by atoms with E-state index in [9.17, 15) is 4.79 Å². The molecule has 4 nitrogen and oxygen atoms in total. The minimum Gasteiger partial charge on any atom is -0.375 e. The number of carbonyl (C=O) groups is 1. The topological polar surface area (TPSA) is 32.8 Å². The zero-order valence-electron chi connectivity index (χ0n) is 13.8. The van der Waals surface area contributed by atoms with Crippen molar-refractivity contribution in [2.75, 3.05) is 40.4 Å². The second-order valence-corrected chi connectivity index (χ2v) is 6.12. The van der Waals surface area contributed by atoms with Crippen LogP contribution in [-0.2, 0) is 16.0 Å². The van der Waals surface area contributed by atoms with Crippen LogP contribution < -0.4 is 0 Å². The Balaban J connectivity index is 1.74. The number of carbonyl (C=O) groups excluding carboxylic acids is 1. The van der Waals surface area contributed by atoms with Gasteiger partial charge in [0.05, 0.1) is 0 Å². The maximum atomic E-state index is 11.9. The number of hydrogen-bond donors (Lipinski definition) is 0. The number of aryl methyl sites for hydroxylation is 1. The summed E-state index contributed by atoms with van der Waals surface area (Å²) in [4.78, 5) is 16.3. The van der Waals surface area contributed by atoms with Crippen LogP contribution in [0.25, 0.3) is 0 Å². The Bertz CT molecular complexity index is 450. The number of nitrogens with zero attached hydrogens (tertiary/aromatic N) is 2. The monoisotopic (exact) mass is 304 g/mol. The number of piperidine rings is 1. The Kier molecular flexibility index (Phi) is 6.87. The van der Waals surface area contributed by atoms with E-state index in [0.717, 1.165) is 32.5 Å². The van der Waals surface area contributed by atoms with Gasteiger partial charge in [-0.25, -0.2) is 0 Å². The van der Waals surface area contributed by atoms with Crippen molar-refractivity contribution >= 4 is 5.91 Å². The SMILES string of the molecule is COCC(=O)N(C)[C@@H]1CCCN(CCCc2ccccc2)C1. The van der Waals surface area contributed by atoms with Crippen molar-refractivity contribution in [2.45, 2.75) is 31.7 Å². The maximum absolute atomic E-state index is 11.9. The van der Waals surface area contributed by atoms with Crippen molar-refractivity contribution < 1.29 is 9.53 Å². The van der Waals surface area contributed by atoms with Crippen LogP contribution in [0.3, 0.4) is 0 Å². The number of amides is 1. The molecule has 1 aliphatic heterocycles. The molecule has 1 amide bonds. The molecule has 1 heterocycles. The third kappa shape index (κ3) is 5.11. The fourth-order valence-electron chi connectivity index (χ4n) is 3.13. The van der Waals surface area contributed by atoms with E-state index in [0.29, 0.717) is 6.04 Å². The first-order valence-electron chi connectivity index (χ1n) is 8.21. The van der Waals surface area contributed by atoms with E-state index in [2.05, 4.69) is 35.2 Å². The summed E-state index contributed by atoms with van der Waals surface area (Å²) in [6, 6.07) is 11.0. The molecule has 2 rings (SSSR count). The number of ether oxygens (including phenoxy) is 1. The van der Waals surface area contributed by atoms with Crippen LogP contribution in [0.15, 0.2) is 30.3 Å². The fraction of sp³-hybridized carbons (Fsp3) is 0.611. The fourth-order valence-corrected chi connectivity index (χ4v) is 3.13. The minimum atomic E-state index is 0.0821. The van der Waals surface area contributed by atoms with Gasteiger partial charge in [-0.2, -0.15) is 0 Å². The third-order valence-corrected chi connectivity index (χ3v) is 4.47. The molecule has 122 valence electrons. The lowest BCUT2D eigenvalue weighted by molar-refractivity contribution is -0.136. The Morgan fingerprint density at radius 1 is 1.36 bits per heavy atom. The Morgan fingerprint density at radius 2 is 2.14 bits per heavy atom. The van der Waals surface area contributed by atoms with E-state index < -0.39 is 0 Å². The molecule has 1 atom stereocenters. The van der Waals surface area contributed by atoms with Crippen LogP contribution >= 0.6 is 0 Å². The van der Waals surface area contributed by atoms with Gasteiger partial charge in [-0.1, -0.05) is 30.3 Å². The molecule has 1 fully saturated rings. The summed E-state index contributed by atoms with van der Waals surface area (Å²) >= 11 is 0. The lowest BCUT2D eigenvalue weighted by Gasteiger charge is -2.37. The molecule has 0 unspecified atom stereocenters. The van der Waals surface area contributed by atoms with E-state index in [-0.39, 0.29) is 12.5 Å². The third-order valence-electron chi connectivity index (χ3n) is 4.47. The molecule has 0 N–H and O–H groups in total. The van der Waals surface area contributed by atoms with E-state index in [1.807, 2.05) is 11.9 Å². The molecule has 0 saturated carbocycles. The van der Waals surface area contributed by atoms with Gasteiger partial charge in [-0.05, 0) is 44.3 Å². The number of benzene rings is 1. The lowest BCUT2D eigenvalue weighted by Crippen LogP contribution is -2.49. The van der Waals surface area contributed by atoms with Crippen LogP contribution in [0.4, 0.5) is 0 Å². The van der Waals surface area contributed by atoms with Gasteiger partial charge < -0.3 is 14.5 Å². The van der Waals surface area contributed by atoms with Crippen LogP contribution in [0.2, 0.25) is 0 Å². The molecule has 4 heteroatoms. The molecule has 22 heavy (non-hydrogen) atoms. The summed E-state index contributed by atoms with van der Waals surface area (Å²) in [5.41, 5.74) is 1.41. The molecule has 1 aromatic carbocycles. The Labute approximate surface area is 134 Å². The quantitative estimate of drug-likeness (QED) is 0.774. The molecular weight excluding hydrogens is 276 g/mol. The van der Waals surface area contributed by atoms with Crippen molar-refractivity contribution in [2.24, 2.45) is 0 Å². The molecule has 0 spiro atoms. The predicted molar refractivity (Wildman–Crippen MR) is 88.9 cm³/mol. The van der Waals surface area contributed by atoms with Crippen molar-refractivity contribution in [3.05, 3.63) is 35.9 Å². The van der Waals surface area contributed by atoms with Crippen molar-refractivity contribution in [3.8, 4) is 0 Å². The standard InChI is InChI=1S/C18H28N2O2/c1-19(18(21)15-22-2)17-11-7-13-20(14-17)12-6-10-16-8-4-3-5-9-16/h3-5,8-9,17H,6-7,10-15H2,1-2H3/t17-/m1/s1. The summed E-state index contributed by atoms with van der Waals surface area (Å²) in [7, 11) is 3.47. The molecule has 0 bridgehead atoms. The van der Waals surface area contributed by atoms with E-state index in [4.69, 9.17) is 4.74 Å². The van der Waals surface area contributed by atoms with Crippen molar-refractivity contribution in [1.29, 1.82) is 0 Å². The number of likely N-dealkylation sites (N-methyl/N-ethyl adjacent to an activating group) is 1. The molecular formula is C18H28N2O2. The zero-order valence-corrected chi connectivity index (χ0v) is 13.8. The molecule has 0 aromatic heterocycles. The normalized spacial score (nSPS) is 19.1. The Hall–Kier alpha value is -1.39. The predicted octanol–water partition coefficient (Wildman–Crippen LogP) is 2.19. The molecule has 1 aliphatic rings. The van der Waals surface area contributed by atoms with Gasteiger partial charge in [0.2, 0.25) is 5.91 Å². The van der Waals surface area contributed by atoms with Gasteiger partial charge in [0.1, 0.15) is 6.61 Å². The van der Waals surface area contributed by atoms with Crippen LogP contribution in [-0.4, -0.2) is 62.1 Å². The maximum Gasteiger partial charge on any atom is 0.248 e. The number of rotatable bonds is 7. The summed E-state index contributed by atoms with van der Waals surface area (Å²) in [6.45, 7) is 3.43. The largest absolute Gasteiger partial charge is 0.375 e. The smallest absolute Gasteiger partial charge is 0.248 e. The summed E-state index contributed by atoms with van der Waals surface area (Å²) < 4.78 is 4.95. The number of hydrogen-bond acceptors (Lipinski definition) is 3. The minimum absolute atomic E-state index is 0.0821. The Morgan fingerprint density at radius 3 is 2.86 bits per heavy atom. The summed E-state index contributed by atoms with van der Waals surface area (Å²) in [5, 5.41) is 0. The van der Waals surface area contributed by atoms with Crippen LogP contribution in [0.5, 0.6) is 0 Å². The average molecular weight is 304 g/mol. The highest BCUT2D eigenvalue weighted by molar-refractivity contribution is 5.77. The van der Waals surface area contributed by atoms with Gasteiger partial charge in [0.25, 0.3) is 0 Å². The number of likely N-dealkylation sites (tertiary alicyclic amines) is 1. The first-order valence-corrected chi connectivity index (χ1v) is 8.21. The highest BCUT2D eigenvalue weighted by Crippen LogP contribution is 2.16. The van der Waals surface area contributed by atoms with E-state index in [1.165, 1.54) is 18.4 Å². The van der Waals surface area contributed by atoms with Gasteiger partial charge in [-0.15, -0.1) is 0 Å². The van der Waals surface area contributed by atoms with Gasteiger partial charge in [-0.3, -0.25) is 4.79 Å². The summed E-state index contributed by atoms with van der Waals surface area (Å²) in [6.07, 6.45) is 4.56. The van der Waals surface area contributed by atoms with Gasteiger partial charge >= 0.3 is 0 Å². The van der Waals surface area contributed by atoms with Crippen LogP contribution in [0, 0.1) is 0 Å². The summed E-state index contributed by atoms with van der Waals surface area (Å²) in [5.74, 6) is 0.0821. The van der Waals surface area contributed by atoms with E-state index in [1.54, 1.807) is 7.11 Å². The second kappa shape index (κ2) is 8.91. The van der Waals surface area contributed by atoms with E-state index >= 15 is 0 Å². The highest BCUT2D eigenvalue weighted by Gasteiger charge is 2.25. The average Bonchev–Trinajstić information content (AvgIpc) is 2.56. The second-order valence-electron chi connectivity index (χ2n) is 6.12. The van der Waals surface area contributed by atoms with Gasteiger partial charge in [0.15, 0.2) is 0 Å². The molecule has 1 aromatic rings. The first-order chi connectivity index (χ1) is 10.7. The molecule has 1 saturated heterocycles. The molecule has 0 aliphatic carbocycles. The number of methoxy groups -OCH3 is 1.